The molecule has 0 bridgehead atoms. The zero-order chi connectivity index (χ0) is 17.2. The summed E-state index contributed by atoms with van der Waals surface area (Å²) in [6.07, 6.45) is 2.55. The Labute approximate surface area is 173 Å². The third-order valence-corrected chi connectivity index (χ3v) is 5.08. The average molecular weight is 480 g/mol. The van der Waals surface area contributed by atoms with Crippen LogP contribution in [0.3, 0.4) is 0 Å². The molecule has 1 aliphatic heterocycles. The van der Waals surface area contributed by atoms with Gasteiger partial charge >= 0.3 is 0 Å². The van der Waals surface area contributed by atoms with Crippen molar-refractivity contribution in [3.63, 3.8) is 0 Å². The summed E-state index contributed by atoms with van der Waals surface area (Å²) < 4.78 is 5.19. The van der Waals surface area contributed by atoms with Crippen LogP contribution in [0.5, 0.6) is 0 Å². The van der Waals surface area contributed by atoms with Crippen LogP contribution in [0.2, 0.25) is 0 Å². The molecule has 0 amide bonds. The summed E-state index contributed by atoms with van der Waals surface area (Å²) in [5, 5.41) is 8.90. The van der Waals surface area contributed by atoms with Gasteiger partial charge in [0.25, 0.3) is 0 Å². The van der Waals surface area contributed by atoms with Crippen LogP contribution in [-0.2, 0) is 11.3 Å². The van der Waals surface area contributed by atoms with Gasteiger partial charge in [0, 0.05) is 44.2 Å². The highest BCUT2D eigenvalue weighted by Gasteiger charge is 2.20. The van der Waals surface area contributed by atoms with Crippen LogP contribution in [-0.4, -0.2) is 56.8 Å². The Hall–Kier alpha value is -0.380. The predicted molar refractivity (Wildman–Crippen MR) is 118 cm³/mol. The van der Waals surface area contributed by atoms with Crippen LogP contribution in [0.1, 0.15) is 31.6 Å². The summed E-state index contributed by atoms with van der Waals surface area (Å²) in [5.74, 6) is 1.55. The number of halogens is 1. The predicted octanol–water partition coefficient (Wildman–Crippen LogP) is 3.17. The lowest BCUT2D eigenvalue weighted by molar-refractivity contribution is 0.172. The SMILES string of the molecule is CCNC(=NCC1CCCN(Cc2cccs2)C1)NC(C)COC.I. The molecule has 2 N–H and O–H groups in total. The number of nitrogens with zero attached hydrogens (tertiary/aromatic N) is 2. The molecule has 1 saturated heterocycles. The minimum absolute atomic E-state index is 0. The average Bonchev–Trinajstić information content (AvgIpc) is 3.06. The van der Waals surface area contributed by atoms with Gasteiger partial charge in [-0.1, -0.05) is 6.07 Å². The Balaban J connectivity index is 0.00000312. The van der Waals surface area contributed by atoms with E-state index in [2.05, 4.69) is 46.9 Å². The highest BCUT2D eigenvalue weighted by atomic mass is 127. The summed E-state index contributed by atoms with van der Waals surface area (Å²) in [4.78, 5) is 8.84. The molecule has 0 spiro atoms. The number of aliphatic imine (C=N–C) groups is 1. The summed E-state index contributed by atoms with van der Waals surface area (Å²) in [5.41, 5.74) is 0. The van der Waals surface area contributed by atoms with Gasteiger partial charge in [-0.25, -0.2) is 0 Å². The quantitative estimate of drug-likeness (QED) is 0.341. The molecule has 1 aromatic heterocycles. The Morgan fingerprint density at radius 1 is 1.52 bits per heavy atom. The van der Waals surface area contributed by atoms with Gasteiger partial charge in [0.2, 0.25) is 0 Å². The molecule has 0 saturated carbocycles. The number of ether oxygens (including phenoxy) is 1. The lowest BCUT2D eigenvalue weighted by Gasteiger charge is -2.31. The topological polar surface area (TPSA) is 48.9 Å². The van der Waals surface area contributed by atoms with Crippen molar-refractivity contribution in [2.24, 2.45) is 10.9 Å². The highest BCUT2D eigenvalue weighted by Crippen LogP contribution is 2.20. The van der Waals surface area contributed by atoms with Gasteiger partial charge < -0.3 is 15.4 Å². The highest BCUT2D eigenvalue weighted by molar-refractivity contribution is 14.0. The largest absolute Gasteiger partial charge is 0.383 e. The smallest absolute Gasteiger partial charge is 0.191 e. The summed E-state index contributed by atoms with van der Waals surface area (Å²) in [7, 11) is 1.73. The molecule has 2 atom stereocenters. The van der Waals surface area contributed by atoms with E-state index < -0.39 is 0 Å². The van der Waals surface area contributed by atoms with Gasteiger partial charge in [-0.3, -0.25) is 9.89 Å². The first kappa shape index (κ1) is 22.7. The van der Waals surface area contributed by atoms with Crippen LogP contribution in [0, 0.1) is 5.92 Å². The maximum Gasteiger partial charge on any atom is 0.191 e. The number of nitrogens with one attached hydrogen (secondary N) is 2. The number of likely N-dealkylation sites (tertiary alicyclic amines) is 1. The molecule has 144 valence electrons. The molecule has 1 aliphatic rings. The number of methoxy groups -OCH3 is 1. The van der Waals surface area contributed by atoms with E-state index in [0.717, 1.165) is 32.1 Å². The van der Waals surface area contributed by atoms with Crippen molar-refractivity contribution in [3.8, 4) is 0 Å². The summed E-state index contributed by atoms with van der Waals surface area (Å²) >= 11 is 1.85. The van der Waals surface area contributed by atoms with Crippen molar-refractivity contribution in [2.75, 3.05) is 39.9 Å². The first-order valence-corrected chi connectivity index (χ1v) is 9.87. The van der Waals surface area contributed by atoms with Gasteiger partial charge in [-0.05, 0) is 50.6 Å². The van der Waals surface area contributed by atoms with E-state index in [9.17, 15) is 0 Å². The number of thiophene rings is 1. The summed E-state index contributed by atoms with van der Waals surface area (Å²) in [6.45, 7) is 10.1. The fourth-order valence-electron chi connectivity index (χ4n) is 3.13. The van der Waals surface area contributed by atoms with E-state index in [0.29, 0.717) is 12.5 Å². The van der Waals surface area contributed by atoms with Crippen molar-refractivity contribution >= 4 is 41.3 Å². The van der Waals surface area contributed by atoms with Crippen molar-refractivity contribution < 1.29 is 4.74 Å². The van der Waals surface area contributed by atoms with Gasteiger partial charge in [0.05, 0.1) is 6.61 Å². The zero-order valence-corrected chi connectivity index (χ0v) is 18.8. The molecular formula is C18H33IN4OS. The number of rotatable bonds is 8. The molecule has 0 radical (unpaired) electrons. The number of hydrogen-bond donors (Lipinski definition) is 2. The van der Waals surface area contributed by atoms with E-state index in [4.69, 9.17) is 9.73 Å². The molecule has 5 nitrogen and oxygen atoms in total. The third-order valence-electron chi connectivity index (χ3n) is 4.21. The lowest BCUT2D eigenvalue weighted by atomic mass is 9.98. The standard InChI is InChI=1S/C18H32N4OS.HI/c1-4-19-18(21-15(2)14-23-3)20-11-16-7-5-9-22(12-16)13-17-8-6-10-24-17;/h6,8,10,15-16H,4-5,7,9,11-14H2,1-3H3,(H2,19,20,21);1H. The van der Waals surface area contributed by atoms with E-state index >= 15 is 0 Å². The lowest BCUT2D eigenvalue weighted by Crippen LogP contribution is -2.44. The number of piperidine rings is 1. The molecule has 7 heteroatoms. The maximum absolute atomic E-state index is 5.19. The summed E-state index contributed by atoms with van der Waals surface area (Å²) in [6, 6.07) is 4.63. The molecular weight excluding hydrogens is 447 g/mol. The zero-order valence-electron chi connectivity index (χ0n) is 15.7. The first-order valence-electron chi connectivity index (χ1n) is 8.99. The maximum atomic E-state index is 5.19. The van der Waals surface area contributed by atoms with Crippen LogP contribution < -0.4 is 10.6 Å². The Bertz CT molecular complexity index is 483. The van der Waals surface area contributed by atoms with Gasteiger partial charge in [0.1, 0.15) is 0 Å². The second-order valence-corrected chi connectivity index (χ2v) is 7.58. The van der Waals surface area contributed by atoms with Crippen molar-refractivity contribution in [1.82, 2.24) is 15.5 Å². The molecule has 2 rings (SSSR count). The molecule has 0 aromatic carbocycles. The van der Waals surface area contributed by atoms with Crippen molar-refractivity contribution in [2.45, 2.75) is 39.3 Å². The molecule has 2 heterocycles. The van der Waals surface area contributed by atoms with Gasteiger partial charge in [-0.2, -0.15) is 0 Å². The van der Waals surface area contributed by atoms with Gasteiger partial charge in [0.15, 0.2) is 5.96 Å². The Kier molecular flexibility index (Phi) is 11.7. The van der Waals surface area contributed by atoms with Crippen molar-refractivity contribution in [1.29, 1.82) is 0 Å². The second kappa shape index (κ2) is 12.9. The van der Waals surface area contributed by atoms with Crippen molar-refractivity contribution in [3.05, 3.63) is 22.4 Å². The molecule has 2 unspecified atom stereocenters. The second-order valence-electron chi connectivity index (χ2n) is 6.54. The van der Waals surface area contributed by atoms with E-state index in [1.165, 1.54) is 24.3 Å². The van der Waals surface area contributed by atoms with Crippen LogP contribution in [0.15, 0.2) is 22.5 Å². The fourth-order valence-corrected chi connectivity index (χ4v) is 3.88. The Morgan fingerprint density at radius 2 is 2.36 bits per heavy atom. The monoisotopic (exact) mass is 480 g/mol. The van der Waals surface area contributed by atoms with Crippen LogP contribution in [0.4, 0.5) is 0 Å². The molecule has 0 aliphatic carbocycles. The normalized spacial score (nSPS) is 20.0. The Morgan fingerprint density at radius 3 is 3.04 bits per heavy atom. The van der Waals surface area contributed by atoms with E-state index in [1.807, 2.05) is 11.3 Å². The fraction of sp³-hybridized carbons (Fsp3) is 0.722. The molecule has 1 aromatic rings. The molecule has 1 fully saturated rings. The molecule has 25 heavy (non-hydrogen) atoms. The number of guanidine groups is 1. The van der Waals surface area contributed by atoms with E-state index in [-0.39, 0.29) is 30.0 Å². The minimum Gasteiger partial charge on any atom is -0.383 e. The third kappa shape index (κ3) is 8.70. The number of hydrogen-bond acceptors (Lipinski definition) is 4. The minimum atomic E-state index is 0. The van der Waals surface area contributed by atoms with Gasteiger partial charge in [-0.15, -0.1) is 35.3 Å². The first-order chi connectivity index (χ1) is 11.7. The van der Waals surface area contributed by atoms with E-state index in [1.54, 1.807) is 7.11 Å². The van der Waals surface area contributed by atoms with Crippen LogP contribution in [0.25, 0.3) is 0 Å². The van der Waals surface area contributed by atoms with Crippen LogP contribution >= 0.6 is 35.3 Å².